The topological polar surface area (TPSA) is 37.3 Å². The van der Waals surface area contributed by atoms with Gasteiger partial charge in [0.15, 0.2) is 0 Å². The van der Waals surface area contributed by atoms with Gasteiger partial charge in [0.2, 0.25) is 0 Å². The maximum atomic E-state index is 12.4. The van der Waals surface area contributed by atoms with Crippen molar-refractivity contribution in [2.75, 3.05) is 0 Å². The van der Waals surface area contributed by atoms with Gasteiger partial charge < -0.3 is 5.11 Å². The van der Waals surface area contributed by atoms with E-state index in [2.05, 4.69) is 0 Å². The first-order chi connectivity index (χ1) is 7.77. The van der Waals surface area contributed by atoms with Gasteiger partial charge in [-0.15, -0.1) is 0 Å². The van der Waals surface area contributed by atoms with E-state index in [1.165, 1.54) is 32.1 Å². The second-order valence-corrected chi connectivity index (χ2v) is 6.07. The molecule has 0 heterocycles. The number of Topliss-reactive ketones (excluding diaryl/α,β-unsaturated/α-hetero) is 1. The summed E-state index contributed by atoms with van der Waals surface area (Å²) in [5.41, 5.74) is 0. The second kappa shape index (κ2) is 4.14. The predicted octanol–water partition coefficient (Wildman–Crippen LogP) is 2.54. The standard InChI is InChI=1S/C14H22O2/c15-12-7-3-5-10-8-9-4-1-2-6-11(9)14(16)13(10)12/h9-13,15H,1-8H2. The Bertz CT molecular complexity index is 286. The number of carbonyl (C=O) groups excluding carboxylic acids is 1. The van der Waals surface area contributed by atoms with Gasteiger partial charge in [-0.3, -0.25) is 4.79 Å². The van der Waals surface area contributed by atoms with Gasteiger partial charge in [0.25, 0.3) is 0 Å². The molecule has 90 valence electrons. The fourth-order valence-electron chi connectivity index (χ4n) is 4.45. The van der Waals surface area contributed by atoms with Gasteiger partial charge in [0.1, 0.15) is 5.78 Å². The van der Waals surface area contributed by atoms with Gasteiger partial charge in [0.05, 0.1) is 6.10 Å². The lowest BCUT2D eigenvalue weighted by molar-refractivity contribution is -0.144. The van der Waals surface area contributed by atoms with Crippen molar-refractivity contribution in [2.45, 2.75) is 57.5 Å². The van der Waals surface area contributed by atoms with Crippen LogP contribution in [0.1, 0.15) is 51.4 Å². The molecule has 0 spiro atoms. The van der Waals surface area contributed by atoms with Gasteiger partial charge >= 0.3 is 0 Å². The molecule has 3 fully saturated rings. The molecule has 0 aromatic heterocycles. The molecule has 0 bridgehead atoms. The highest BCUT2D eigenvalue weighted by molar-refractivity contribution is 5.85. The Morgan fingerprint density at radius 3 is 2.56 bits per heavy atom. The summed E-state index contributed by atoms with van der Waals surface area (Å²) in [7, 11) is 0. The quantitative estimate of drug-likeness (QED) is 0.684. The van der Waals surface area contributed by atoms with Crippen molar-refractivity contribution >= 4 is 5.78 Å². The molecule has 0 amide bonds. The zero-order valence-electron chi connectivity index (χ0n) is 9.90. The number of hydrogen-bond donors (Lipinski definition) is 1. The Balaban J connectivity index is 1.82. The molecule has 0 radical (unpaired) electrons. The minimum absolute atomic E-state index is 0.00750. The van der Waals surface area contributed by atoms with Gasteiger partial charge in [-0.05, 0) is 43.9 Å². The molecule has 0 aliphatic heterocycles. The van der Waals surface area contributed by atoms with Crippen molar-refractivity contribution in [1.29, 1.82) is 0 Å². The van der Waals surface area contributed by atoms with Crippen LogP contribution >= 0.6 is 0 Å². The van der Waals surface area contributed by atoms with Crippen LogP contribution in [0.4, 0.5) is 0 Å². The van der Waals surface area contributed by atoms with Crippen LogP contribution in [0, 0.1) is 23.7 Å². The largest absolute Gasteiger partial charge is 0.392 e. The van der Waals surface area contributed by atoms with Crippen molar-refractivity contribution in [3.05, 3.63) is 0 Å². The average molecular weight is 222 g/mol. The van der Waals surface area contributed by atoms with Crippen LogP contribution in [0.3, 0.4) is 0 Å². The van der Waals surface area contributed by atoms with Gasteiger partial charge in [-0.1, -0.05) is 19.3 Å². The summed E-state index contributed by atoms with van der Waals surface area (Å²) in [6.07, 6.45) is 8.94. The monoisotopic (exact) mass is 222 g/mol. The summed E-state index contributed by atoms with van der Waals surface area (Å²) in [4.78, 5) is 12.4. The smallest absolute Gasteiger partial charge is 0.142 e. The molecule has 3 aliphatic rings. The van der Waals surface area contributed by atoms with E-state index in [1.807, 2.05) is 0 Å². The summed E-state index contributed by atoms with van der Waals surface area (Å²) in [5, 5.41) is 10.0. The molecule has 0 aromatic carbocycles. The molecule has 16 heavy (non-hydrogen) atoms. The van der Waals surface area contributed by atoms with Crippen LogP contribution in [0.25, 0.3) is 0 Å². The molecule has 3 saturated carbocycles. The maximum absolute atomic E-state index is 12.4. The van der Waals surface area contributed by atoms with Crippen LogP contribution in [0.2, 0.25) is 0 Å². The van der Waals surface area contributed by atoms with Crippen LogP contribution in [-0.2, 0) is 4.79 Å². The Labute approximate surface area is 97.4 Å². The van der Waals surface area contributed by atoms with Gasteiger partial charge in [-0.25, -0.2) is 0 Å². The first-order valence-electron chi connectivity index (χ1n) is 6.99. The number of aliphatic hydroxyl groups excluding tert-OH is 1. The number of rotatable bonds is 0. The van der Waals surface area contributed by atoms with E-state index in [4.69, 9.17) is 0 Å². The summed E-state index contributed by atoms with van der Waals surface area (Å²) >= 11 is 0. The summed E-state index contributed by atoms with van der Waals surface area (Å²) in [6, 6.07) is 0. The van der Waals surface area contributed by atoms with E-state index in [0.29, 0.717) is 23.5 Å². The first-order valence-corrected chi connectivity index (χ1v) is 6.99. The summed E-state index contributed by atoms with van der Waals surface area (Å²) in [5.74, 6) is 1.91. The number of fused-ring (bicyclic) bond motifs is 2. The lowest BCUT2D eigenvalue weighted by atomic mass is 9.58. The molecular formula is C14H22O2. The molecule has 5 unspecified atom stereocenters. The second-order valence-electron chi connectivity index (χ2n) is 6.07. The van der Waals surface area contributed by atoms with Crippen molar-refractivity contribution in [3.8, 4) is 0 Å². The number of carbonyl (C=O) groups is 1. The Morgan fingerprint density at radius 1 is 0.938 bits per heavy atom. The highest BCUT2D eigenvalue weighted by Crippen LogP contribution is 2.48. The third kappa shape index (κ3) is 1.62. The molecule has 2 heteroatoms. The van der Waals surface area contributed by atoms with Crippen molar-refractivity contribution in [3.63, 3.8) is 0 Å². The Morgan fingerprint density at radius 2 is 1.69 bits per heavy atom. The summed E-state index contributed by atoms with van der Waals surface area (Å²) < 4.78 is 0. The molecule has 5 atom stereocenters. The van der Waals surface area contributed by atoms with E-state index in [9.17, 15) is 9.90 Å². The Hall–Kier alpha value is -0.370. The van der Waals surface area contributed by atoms with Crippen LogP contribution in [-0.4, -0.2) is 17.0 Å². The van der Waals surface area contributed by atoms with E-state index in [0.717, 1.165) is 19.3 Å². The normalized spacial score (nSPS) is 48.3. The number of hydrogen-bond acceptors (Lipinski definition) is 2. The molecule has 3 aliphatic carbocycles. The van der Waals surface area contributed by atoms with Crippen molar-refractivity contribution in [2.24, 2.45) is 23.7 Å². The lowest BCUT2D eigenvalue weighted by Gasteiger charge is -2.46. The maximum Gasteiger partial charge on any atom is 0.142 e. The molecule has 3 rings (SSSR count). The highest BCUT2D eigenvalue weighted by atomic mass is 16.3. The van der Waals surface area contributed by atoms with E-state index in [-0.39, 0.29) is 12.0 Å². The number of aliphatic hydroxyl groups is 1. The third-order valence-corrected chi connectivity index (χ3v) is 5.21. The molecule has 1 N–H and O–H groups in total. The van der Waals surface area contributed by atoms with Crippen LogP contribution in [0.15, 0.2) is 0 Å². The third-order valence-electron chi connectivity index (χ3n) is 5.21. The predicted molar refractivity (Wildman–Crippen MR) is 61.9 cm³/mol. The van der Waals surface area contributed by atoms with Crippen molar-refractivity contribution in [1.82, 2.24) is 0 Å². The minimum atomic E-state index is -0.325. The van der Waals surface area contributed by atoms with E-state index >= 15 is 0 Å². The van der Waals surface area contributed by atoms with Gasteiger partial charge in [0, 0.05) is 11.8 Å². The average Bonchev–Trinajstić information content (AvgIpc) is 2.29. The van der Waals surface area contributed by atoms with Crippen LogP contribution < -0.4 is 0 Å². The Kier molecular flexibility index (Phi) is 2.78. The van der Waals surface area contributed by atoms with Crippen molar-refractivity contribution < 1.29 is 9.90 Å². The van der Waals surface area contributed by atoms with E-state index in [1.54, 1.807) is 0 Å². The number of ketones is 1. The fourth-order valence-corrected chi connectivity index (χ4v) is 4.45. The highest BCUT2D eigenvalue weighted by Gasteiger charge is 2.47. The minimum Gasteiger partial charge on any atom is -0.392 e. The molecule has 0 saturated heterocycles. The lowest BCUT2D eigenvalue weighted by Crippen LogP contribution is -2.48. The van der Waals surface area contributed by atoms with E-state index < -0.39 is 0 Å². The summed E-state index contributed by atoms with van der Waals surface area (Å²) in [6.45, 7) is 0. The fraction of sp³-hybridized carbons (Fsp3) is 0.929. The zero-order chi connectivity index (χ0) is 11.1. The first kappa shape index (κ1) is 10.8. The zero-order valence-corrected chi connectivity index (χ0v) is 9.90. The SMILES string of the molecule is O=C1C2CCCCC2CC2CCCC(O)C12. The van der Waals surface area contributed by atoms with Gasteiger partial charge in [-0.2, -0.15) is 0 Å². The van der Waals surface area contributed by atoms with Crippen LogP contribution in [0.5, 0.6) is 0 Å². The molecule has 2 nitrogen and oxygen atoms in total. The molecule has 0 aromatic rings. The molecular weight excluding hydrogens is 200 g/mol.